The van der Waals surface area contributed by atoms with E-state index in [4.69, 9.17) is 23.7 Å². The second-order valence-corrected chi connectivity index (χ2v) is 18.6. The van der Waals surface area contributed by atoms with Gasteiger partial charge in [0.05, 0.1) is 45.1 Å². The van der Waals surface area contributed by atoms with E-state index in [0.717, 1.165) is 17.2 Å². The molecule has 4 aliphatic carbocycles. The Morgan fingerprint density at radius 2 is 1.69 bits per heavy atom. The van der Waals surface area contributed by atoms with Crippen LogP contribution in [0.4, 0.5) is 19.3 Å². The van der Waals surface area contributed by atoms with Gasteiger partial charge >= 0.3 is 6.09 Å². The van der Waals surface area contributed by atoms with E-state index in [0.29, 0.717) is 44.0 Å². The average molecular weight is 865 g/mol. The number of Topliss-reactive ketones (excluding diaryl/α,β-unsaturated/α-hetero) is 1. The number of anilines is 1. The smallest absolute Gasteiger partial charge is 0.407 e. The molecule has 1 saturated heterocycles. The van der Waals surface area contributed by atoms with Crippen molar-refractivity contribution in [1.82, 2.24) is 5.32 Å². The molecule has 13 nitrogen and oxygen atoms in total. The van der Waals surface area contributed by atoms with E-state index >= 15 is 8.78 Å². The highest BCUT2D eigenvalue weighted by molar-refractivity contribution is 6.01. The molecule has 5 aliphatic rings. The number of hydrogen-bond donors (Lipinski definition) is 4. The maximum Gasteiger partial charge on any atom is 0.407 e. The predicted molar refractivity (Wildman–Crippen MR) is 222 cm³/mol. The van der Waals surface area contributed by atoms with Crippen LogP contribution in [-0.2, 0) is 44.5 Å². The van der Waals surface area contributed by atoms with Gasteiger partial charge in [0.1, 0.15) is 18.4 Å². The molecular weight excluding hydrogens is 807 g/mol. The molecule has 2 aromatic rings. The van der Waals surface area contributed by atoms with Crippen molar-refractivity contribution in [2.24, 2.45) is 22.7 Å². The molecule has 3 saturated carbocycles. The van der Waals surface area contributed by atoms with E-state index in [2.05, 4.69) is 10.6 Å². The fourth-order valence-electron chi connectivity index (χ4n) is 10.8. The normalized spacial score (nSPS) is 33.4. The number of carbonyl (C=O) groups is 4. The van der Waals surface area contributed by atoms with Crippen LogP contribution in [0.15, 0.2) is 72.3 Å². The lowest BCUT2D eigenvalue weighted by atomic mass is 9.44. The third-order valence-electron chi connectivity index (χ3n) is 13.6. The number of halogens is 2. The number of aliphatic hydroxyl groups excluding tert-OH is 2. The molecular formula is C47H58F2N2O11. The maximum absolute atomic E-state index is 17.7. The summed E-state index contributed by atoms with van der Waals surface area (Å²) in [6, 6.07) is 15.0. The zero-order valence-electron chi connectivity index (χ0n) is 35.9. The molecule has 2 aromatic carbocycles. The quantitative estimate of drug-likeness (QED) is 0.159. The molecule has 1 aliphatic heterocycles. The number of ether oxygens (including phenoxy) is 5. The lowest BCUT2D eigenvalue weighted by Gasteiger charge is -2.63. The highest BCUT2D eigenvalue weighted by Gasteiger charge is 2.80. The molecule has 1 unspecified atom stereocenters. The Bertz CT molecular complexity index is 2090. The van der Waals surface area contributed by atoms with Crippen molar-refractivity contribution in [3.05, 3.63) is 89.0 Å². The van der Waals surface area contributed by atoms with E-state index in [1.54, 1.807) is 33.8 Å². The zero-order chi connectivity index (χ0) is 44.7. The Labute approximate surface area is 360 Å². The molecule has 7 rings (SSSR count). The van der Waals surface area contributed by atoms with Gasteiger partial charge in [-0.3, -0.25) is 14.4 Å². The van der Waals surface area contributed by atoms with Crippen LogP contribution >= 0.6 is 0 Å². The van der Waals surface area contributed by atoms with Crippen LogP contribution < -0.4 is 10.6 Å². The number of fused-ring (bicyclic) bond motifs is 7. The van der Waals surface area contributed by atoms with E-state index in [1.807, 2.05) is 42.5 Å². The van der Waals surface area contributed by atoms with Crippen LogP contribution in [0.1, 0.15) is 83.3 Å². The third-order valence-corrected chi connectivity index (χ3v) is 13.6. The summed E-state index contributed by atoms with van der Waals surface area (Å²) in [5, 5.41) is 27.6. The SMILES string of the molecule is CC(C)(C)OC(=O)NCCOCCOCCC(=O)Nc1cccc(Cc2ccc(C3O[C@@H]4C[C@H]5[C@@H]6C[C@H](F)C7=CC(=O)C=C[C@]7(C)[C@@]6(F)[C@@H](O)C[C@]5(C)[C@]4(C(=O)CO)O3)cc2)c1. The Kier molecular flexibility index (Phi) is 13.0. The van der Waals surface area contributed by atoms with Gasteiger partial charge in [-0.15, -0.1) is 0 Å². The Morgan fingerprint density at radius 1 is 0.968 bits per heavy atom. The number of hydrogen-bond acceptors (Lipinski definition) is 11. The Hall–Kier alpha value is -4.38. The monoisotopic (exact) mass is 864 g/mol. The van der Waals surface area contributed by atoms with Gasteiger partial charge in [-0.05, 0) is 100 Å². The lowest BCUT2D eigenvalue weighted by Crippen LogP contribution is -2.70. The molecule has 15 heteroatoms. The topological polar surface area (TPSA) is 179 Å². The van der Waals surface area contributed by atoms with Gasteiger partial charge in [0, 0.05) is 34.5 Å². The van der Waals surface area contributed by atoms with Crippen LogP contribution in [-0.4, -0.2) is 109 Å². The molecule has 336 valence electrons. The van der Waals surface area contributed by atoms with Crippen molar-refractivity contribution >= 4 is 29.3 Å². The van der Waals surface area contributed by atoms with E-state index in [-0.39, 0.29) is 43.8 Å². The largest absolute Gasteiger partial charge is 0.444 e. The number of aliphatic hydroxyl groups is 2. The molecule has 4 N–H and O–H groups in total. The molecule has 0 spiro atoms. The molecule has 2 amide bonds. The number of amides is 2. The van der Waals surface area contributed by atoms with Crippen molar-refractivity contribution in [3.8, 4) is 0 Å². The average Bonchev–Trinajstić information content (AvgIpc) is 3.71. The molecule has 10 atom stereocenters. The summed E-state index contributed by atoms with van der Waals surface area (Å²) in [5.41, 5.74) is -4.24. The van der Waals surface area contributed by atoms with Crippen LogP contribution in [0.25, 0.3) is 0 Å². The van der Waals surface area contributed by atoms with Gasteiger partial charge < -0.3 is 44.5 Å². The van der Waals surface area contributed by atoms with Crippen molar-refractivity contribution in [2.75, 3.05) is 44.9 Å². The van der Waals surface area contributed by atoms with Crippen molar-refractivity contribution in [2.45, 2.75) is 108 Å². The van der Waals surface area contributed by atoms with Gasteiger partial charge in [-0.1, -0.05) is 49.4 Å². The van der Waals surface area contributed by atoms with E-state index in [9.17, 15) is 29.4 Å². The number of allylic oxidation sites excluding steroid dienone is 4. The minimum atomic E-state index is -2.33. The molecule has 0 radical (unpaired) electrons. The van der Waals surface area contributed by atoms with Crippen molar-refractivity contribution in [1.29, 1.82) is 0 Å². The number of ketones is 2. The molecule has 62 heavy (non-hydrogen) atoms. The number of carbonyl (C=O) groups excluding carboxylic acids is 4. The number of nitrogens with one attached hydrogen (secondary N) is 2. The van der Waals surface area contributed by atoms with Crippen LogP contribution in [0.3, 0.4) is 0 Å². The first-order chi connectivity index (χ1) is 29.3. The predicted octanol–water partition coefficient (Wildman–Crippen LogP) is 5.81. The van der Waals surface area contributed by atoms with Crippen LogP contribution in [0, 0.1) is 22.7 Å². The minimum absolute atomic E-state index is 0.0162. The Balaban J connectivity index is 0.926. The summed E-state index contributed by atoms with van der Waals surface area (Å²) >= 11 is 0. The van der Waals surface area contributed by atoms with Crippen LogP contribution in [0.2, 0.25) is 0 Å². The summed E-state index contributed by atoms with van der Waals surface area (Å²) in [7, 11) is 0. The van der Waals surface area contributed by atoms with Gasteiger partial charge in [-0.25, -0.2) is 13.6 Å². The molecule has 0 aromatic heterocycles. The first-order valence-electron chi connectivity index (χ1n) is 21.4. The Morgan fingerprint density at radius 3 is 2.40 bits per heavy atom. The molecule has 0 bridgehead atoms. The summed E-state index contributed by atoms with van der Waals surface area (Å²) < 4.78 is 62.9. The number of benzene rings is 2. The van der Waals surface area contributed by atoms with Crippen molar-refractivity contribution in [3.63, 3.8) is 0 Å². The molecule has 1 heterocycles. The van der Waals surface area contributed by atoms with E-state index < -0.39 is 88.5 Å². The molecule has 4 fully saturated rings. The van der Waals surface area contributed by atoms with E-state index in [1.165, 1.54) is 19.1 Å². The number of alkyl carbamates (subject to hydrolysis) is 1. The van der Waals surface area contributed by atoms with Gasteiger partial charge in [0.2, 0.25) is 5.91 Å². The number of rotatable bonds is 15. The summed E-state index contributed by atoms with van der Waals surface area (Å²) in [6.45, 7) is 9.19. The fourth-order valence-corrected chi connectivity index (χ4v) is 10.8. The summed E-state index contributed by atoms with van der Waals surface area (Å²) in [5.74, 6) is -2.95. The van der Waals surface area contributed by atoms with Gasteiger partial charge in [0.15, 0.2) is 29.1 Å². The van der Waals surface area contributed by atoms with Gasteiger partial charge in [0.25, 0.3) is 0 Å². The first-order valence-corrected chi connectivity index (χ1v) is 21.4. The second kappa shape index (κ2) is 17.6. The zero-order valence-corrected chi connectivity index (χ0v) is 35.9. The highest BCUT2D eigenvalue weighted by atomic mass is 19.1. The van der Waals surface area contributed by atoms with Gasteiger partial charge in [-0.2, -0.15) is 0 Å². The lowest BCUT2D eigenvalue weighted by molar-refractivity contribution is -0.235. The second-order valence-electron chi connectivity index (χ2n) is 18.6. The van der Waals surface area contributed by atoms with Crippen LogP contribution in [0.5, 0.6) is 0 Å². The fraction of sp³-hybridized carbons (Fsp3) is 0.574. The highest BCUT2D eigenvalue weighted by Crippen LogP contribution is 2.72. The van der Waals surface area contributed by atoms with Crippen molar-refractivity contribution < 1.29 is 61.9 Å². The third kappa shape index (κ3) is 8.39. The maximum atomic E-state index is 17.7. The standard InChI is InChI=1S/C47H58F2N2O11/c1-43(2,3)62-42(57)50-16-18-59-20-19-58-17-14-40(56)51-31-8-6-7-29(22-31)21-28-9-11-30(12-10-28)41-60-39-25-33-34-24-36(48)35-23-32(53)13-15-44(35,4)46(34,49)37(54)26-45(33,5)47(39,61-41)38(55)27-52/h6-13,15,22-23,33-34,36-37,39,41,52,54H,14,16-21,24-27H2,1-5H3,(H,50,57)(H,51,56)/t33-,34-,36-,37-,39+,41?,44-,45-,46-,47+/m0/s1. The first kappa shape index (κ1) is 45.6. The summed E-state index contributed by atoms with van der Waals surface area (Å²) in [4.78, 5) is 50.4. The number of alkyl halides is 2. The minimum Gasteiger partial charge on any atom is -0.444 e. The summed E-state index contributed by atoms with van der Waals surface area (Å²) in [6.07, 6.45) is -1.57.